The lowest BCUT2D eigenvalue weighted by Crippen LogP contribution is -2.30. The van der Waals surface area contributed by atoms with Crippen molar-refractivity contribution in [2.45, 2.75) is 6.54 Å². The Kier molecular flexibility index (Phi) is 6.94. The molecule has 0 aromatic heterocycles. The molecule has 0 saturated heterocycles. The molecule has 0 N–H and O–H groups in total. The SMILES string of the molecule is C=CCN(Cc1ccc(OC)cc1)C(=O)c1ccc(N(C)C(=O)C=C)cc1. The van der Waals surface area contributed by atoms with Gasteiger partial charge < -0.3 is 14.5 Å². The fourth-order valence-corrected chi connectivity index (χ4v) is 2.60. The summed E-state index contributed by atoms with van der Waals surface area (Å²) in [6.07, 6.45) is 2.95. The number of carbonyl (C=O) groups is 2. The lowest BCUT2D eigenvalue weighted by atomic mass is 10.1. The quantitative estimate of drug-likeness (QED) is 0.530. The van der Waals surface area contributed by atoms with E-state index in [0.29, 0.717) is 24.3 Å². The third-order valence-electron chi connectivity index (χ3n) is 4.18. The van der Waals surface area contributed by atoms with Crippen molar-refractivity contribution in [1.29, 1.82) is 0 Å². The number of hydrogen-bond acceptors (Lipinski definition) is 3. The van der Waals surface area contributed by atoms with Crippen LogP contribution in [0.1, 0.15) is 15.9 Å². The highest BCUT2D eigenvalue weighted by Gasteiger charge is 2.16. The van der Waals surface area contributed by atoms with Crippen LogP contribution < -0.4 is 9.64 Å². The zero-order chi connectivity index (χ0) is 19.8. The molecule has 140 valence electrons. The van der Waals surface area contributed by atoms with E-state index in [1.807, 2.05) is 24.3 Å². The number of amides is 2. The van der Waals surface area contributed by atoms with Crippen molar-refractivity contribution in [2.24, 2.45) is 0 Å². The van der Waals surface area contributed by atoms with E-state index >= 15 is 0 Å². The molecule has 0 aliphatic carbocycles. The van der Waals surface area contributed by atoms with Gasteiger partial charge in [-0.25, -0.2) is 0 Å². The predicted molar refractivity (Wildman–Crippen MR) is 108 cm³/mol. The topological polar surface area (TPSA) is 49.9 Å². The van der Waals surface area contributed by atoms with Crippen molar-refractivity contribution in [2.75, 3.05) is 25.6 Å². The van der Waals surface area contributed by atoms with Crippen molar-refractivity contribution >= 4 is 17.5 Å². The molecule has 0 fully saturated rings. The minimum atomic E-state index is -0.207. The molecule has 0 aliphatic rings. The van der Waals surface area contributed by atoms with Crippen LogP contribution in [0.25, 0.3) is 0 Å². The molecule has 0 saturated carbocycles. The first kappa shape index (κ1) is 20.0. The van der Waals surface area contributed by atoms with Gasteiger partial charge in [-0.1, -0.05) is 24.8 Å². The summed E-state index contributed by atoms with van der Waals surface area (Å²) in [7, 11) is 3.28. The minimum absolute atomic E-state index is 0.102. The maximum atomic E-state index is 12.9. The number of carbonyl (C=O) groups excluding carboxylic acids is 2. The van der Waals surface area contributed by atoms with Crippen LogP contribution in [0.5, 0.6) is 5.75 Å². The van der Waals surface area contributed by atoms with E-state index in [4.69, 9.17) is 4.74 Å². The van der Waals surface area contributed by atoms with Crippen LogP contribution in [0, 0.1) is 0 Å². The highest BCUT2D eigenvalue weighted by Crippen LogP contribution is 2.18. The number of rotatable bonds is 8. The second-order valence-corrected chi connectivity index (χ2v) is 5.97. The van der Waals surface area contributed by atoms with Gasteiger partial charge in [-0.15, -0.1) is 6.58 Å². The molecule has 27 heavy (non-hydrogen) atoms. The normalized spacial score (nSPS) is 10.0. The number of hydrogen-bond donors (Lipinski definition) is 0. The van der Waals surface area contributed by atoms with Gasteiger partial charge in [-0.3, -0.25) is 9.59 Å². The van der Waals surface area contributed by atoms with Crippen molar-refractivity contribution in [3.8, 4) is 5.75 Å². The van der Waals surface area contributed by atoms with E-state index in [9.17, 15) is 9.59 Å². The first-order valence-electron chi connectivity index (χ1n) is 8.53. The standard InChI is InChI=1S/C22H24N2O3/c1-5-15-24(16-17-7-13-20(27-4)14-8-17)22(26)18-9-11-19(12-10-18)23(3)21(25)6-2/h5-14H,1-2,15-16H2,3-4H3. The zero-order valence-corrected chi connectivity index (χ0v) is 15.7. The molecule has 0 unspecified atom stereocenters. The first-order valence-corrected chi connectivity index (χ1v) is 8.53. The molecule has 2 aromatic carbocycles. The van der Waals surface area contributed by atoms with E-state index in [1.54, 1.807) is 49.4 Å². The first-order chi connectivity index (χ1) is 13.0. The molecule has 2 rings (SSSR count). The lowest BCUT2D eigenvalue weighted by Gasteiger charge is -2.22. The third kappa shape index (κ3) is 5.07. The third-order valence-corrected chi connectivity index (χ3v) is 4.18. The minimum Gasteiger partial charge on any atom is -0.497 e. The Bertz CT molecular complexity index is 810. The Morgan fingerprint density at radius 1 is 1.04 bits per heavy atom. The molecule has 0 atom stereocenters. The summed E-state index contributed by atoms with van der Waals surface area (Å²) < 4.78 is 5.16. The van der Waals surface area contributed by atoms with Crippen LogP contribution >= 0.6 is 0 Å². The largest absolute Gasteiger partial charge is 0.497 e. The average molecular weight is 364 g/mol. The number of likely N-dealkylation sites (N-methyl/N-ethyl adjacent to an activating group) is 1. The van der Waals surface area contributed by atoms with E-state index in [2.05, 4.69) is 13.2 Å². The lowest BCUT2D eigenvalue weighted by molar-refractivity contribution is -0.113. The van der Waals surface area contributed by atoms with Gasteiger partial charge in [-0.05, 0) is 48.0 Å². The number of methoxy groups -OCH3 is 1. The van der Waals surface area contributed by atoms with Gasteiger partial charge in [-0.2, -0.15) is 0 Å². The Morgan fingerprint density at radius 2 is 1.67 bits per heavy atom. The Labute approximate surface area is 160 Å². The molecular weight excluding hydrogens is 340 g/mol. The predicted octanol–water partition coefficient (Wildman–Crippen LogP) is 3.67. The van der Waals surface area contributed by atoms with Gasteiger partial charge in [0, 0.05) is 31.4 Å². The number of ether oxygens (including phenoxy) is 1. The maximum absolute atomic E-state index is 12.9. The fraction of sp³-hybridized carbons (Fsp3) is 0.182. The summed E-state index contributed by atoms with van der Waals surface area (Å²) in [5.74, 6) is 0.464. The Balaban J connectivity index is 2.16. The summed E-state index contributed by atoms with van der Waals surface area (Å²) in [6.45, 7) is 8.12. The van der Waals surface area contributed by atoms with Crippen LogP contribution in [0.4, 0.5) is 5.69 Å². The van der Waals surface area contributed by atoms with Crippen LogP contribution in [-0.2, 0) is 11.3 Å². The van der Waals surface area contributed by atoms with Gasteiger partial charge in [0.05, 0.1) is 7.11 Å². The summed E-state index contributed by atoms with van der Waals surface area (Å²) in [5, 5.41) is 0. The van der Waals surface area contributed by atoms with E-state index in [0.717, 1.165) is 11.3 Å². The summed E-state index contributed by atoms with van der Waals surface area (Å²) in [6, 6.07) is 14.5. The second-order valence-electron chi connectivity index (χ2n) is 5.97. The van der Waals surface area contributed by atoms with E-state index < -0.39 is 0 Å². The monoisotopic (exact) mass is 364 g/mol. The highest BCUT2D eigenvalue weighted by molar-refractivity contribution is 6.01. The second kappa shape index (κ2) is 9.38. The molecule has 5 heteroatoms. The molecule has 0 heterocycles. The summed E-state index contributed by atoms with van der Waals surface area (Å²) >= 11 is 0. The number of anilines is 1. The smallest absolute Gasteiger partial charge is 0.254 e. The summed E-state index contributed by atoms with van der Waals surface area (Å²) in [4.78, 5) is 27.8. The Morgan fingerprint density at radius 3 is 2.19 bits per heavy atom. The van der Waals surface area contributed by atoms with E-state index in [-0.39, 0.29) is 11.8 Å². The van der Waals surface area contributed by atoms with Crippen LogP contribution in [0.2, 0.25) is 0 Å². The average Bonchev–Trinajstić information content (AvgIpc) is 2.72. The fourth-order valence-electron chi connectivity index (χ4n) is 2.60. The van der Waals surface area contributed by atoms with Crippen molar-refractivity contribution < 1.29 is 14.3 Å². The summed E-state index contributed by atoms with van der Waals surface area (Å²) in [5.41, 5.74) is 2.24. The maximum Gasteiger partial charge on any atom is 0.254 e. The molecule has 5 nitrogen and oxygen atoms in total. The molecule has 0 spiro atoms. The molecule has 0 aliphatic heterocycles. The molecule has 2 aromatic rings. The van der Waals surface area contributed by atoms with E-state index in [1.165, 1.54) is 11.0 Å². The van der Waals surface area contributed by atoms with Crippen LogP contribution in [-0.4, -0.2) is 37.4 Å². The van der Waals surface area contributed by atoms with Crippen molar-refractivity contribution in [3.05, 3.63) is 85.0 Å². The van der Waals surface area contributed by atoms with Gasteiger partial charge in [0.2, 0.25) is 5.91 Å². The van der Waals surface area contributed by atoms with Crippen LogP contribution in [0.3, 0.4) is 0 Å². The van der Waals surface area contributed by atoms with Crippen LogP contribution in [0.15, 0.2) is 73.8 Å². The number of nitrogens with zero attached hydrogens (tertiary/aromatic N) is 2. The van der Waals surface area contributed by atoms with Gasteiger partial charge >= 0.3 is 0 Å². The van der Waals surface area contributed by atoms with Gasteiger partial charge in [0.25, 0.3) is 5.91 Å². The van der Waals surface area contributed by atoms with Crippen molar-refractivity contribution in [3.63, 3.8) is 0 Å². The molecule has 0 bridgehead atoms. The highest BCUT2D eigenvalue weighted by atomic mass is 16.5. The Hall–Kier alpha value is -3.34. The molecule has 2 amide bonds. The van der Waals surface area contributed by atoms with Gasteiger partial charge in [0.1, 0.15) is 5.75 Å². The molecular formula is C22H24N2O3. The number of benzene rings is 2. The zero-order valence-electron chi connectivity index (χ0n) is 15.7. The van der Waals surface area contributed by atoms with Crippen molar-refractivity contribution in [1.82, 2.24) is 4.90 Å². The molecule has 0 radical (unpaired) electrons. The van der Waals surface area contributed by atoms with Gasteiger partial charge in [0.15, 0.2) is 0 Å².